The molecule has 0 unspecified atom stereocenters. The number of aliphatic carboxylic acids is 1. The molecule has 5 nitrogen and oxygen atoms in total. The Morgan fingerprint density at radius 1 is 1.40 bits per heavy atom. The van der Waals surface area contributed by atoms with Crippen LogP contribution in [0.1, 0.15) is 12.5 Å². The first-order valence-electron chi connectivity index (χ1n) is 6.22. The quantitative estimate of drug-likeness (QED) is 0.894. The Morgan fingerprint density at radius 3 is 2.55 bits per heavy atom. The highest BCUT2D eigenvalue weighted by Gasteiger charge is 2.40. The van der Waals surface area contributed by atoms with Gasteiger partial charge in [-0.1, -0.05) is 28.9 Å². The van der Waals surface area contributed by atoms with Gasteiger partial charge in [0.1, 0.15) is 0 Å². The molecule has 0 aliphatic carbocycles. The minimum absolute atomic E-state index is 0.0321. The van der Waals surface area contributed by atoms with Crippen LogP contribution in [0, 0.1) is 18.8 Å². The molecular formula is C13H16BrNO4S. The largest absolute Gasteiger partial charge is 0.481 e. The number of hydrogen-bond donors (Lipinski definition) is 1. The van der Waals surface area contributed by atoms with Crippen LogP contribution in [0.3, 0.4) is 0 Å². The number of carbonyl (C=O) groups is 1. The molecule has 7 heteroatoms. The lowest BCUT2D eigenvalue weighted by Crippen LogP contribution is -2.30. The molecule has 1 N–H and O–H groups in total. The zero-order valence-electron chi connectivity index (χ0n) is 11.2. The van der Waals surface area contributed by atoms with Crippen LogP contribution in [-0.4, -0.2) is 36.9 Å². The molecule has 0 radical (unpaired) electrons. The van der Waals surface area contributed by atoms with E-state index in [1.54, 1.807) is 25.1 Å². The second-order valence-electron chi connectivity index (χ2n) is 5.16. The molecule has 2 atom stereocenters. The average molecular weight is 362 g/mol. The maximum Gasteiger partial charge on any atom is 0.308 e. The Morgan fingerprint density at radius 2 is 2.05 bits per heavy atom. The van der Waals surface area contributed by atoms with Crippen LogP contribution in [0.25, 0.3) is 0 Å². The summed E-state index contributed by atoms with van der Waals surface area (Å²) in [5, 5.41) is 9.09. The van der Waals surface area contributed by atoms with E-state index in [4.69, 9.17) is 5.11 Å². The molecule has 0 saturated carbocycles. The highest BCUT2D eigenvalue weighted by Crippen LogP contribution is 2.30. The van der Waals surface area contributed by atoms with Crippen LogP contribution in [0.2, 0.25) is 0 Å². The monoisotopic (exact) mass is 361 g/mol. The van der Waals surface area contributed by atoms with Crippen molar-refractivity contribution in [1.82, 2.24) is 4.31 Å². The van der Waals surface area contributed by atoms with Crippen molar-refractivity contribution >= 4 is 31.9 Å². The standard InChI is InChI=1S/C13H16BrNO4S/c1-8-3-4-10(5-12(8)14)20(18,19)15-6-9(2)11(7-15)13(16)17/h3-5,9,11H,6-7H2,1-2H3,(H,16,17)/t9-,11-/m1/s1. The third-order valence-corrected chi connectivity index (χ3v) is 6.36. The van der Waals surface area contributed by atoms with Crippen LogP contribution in [0.5, 0.6) is 0 Å². The molecule has 2 rings (SSSR count). The molecule has 0 spiro atoms. The van der Waals surface area contributed by atoms with Crippen molar-refractivity contribution in [3.8, 4) is 0 Å². The number of carboxylic acid groups (broad SMARTS) is 1. The van der Waals surface area contributed by atoms with Crippen LogP contribution in [0.4, 0.5) is 0 Å². The topological polar surface area (TPSA) is 74.7 Å². The minimum Gasteiger partial charge on any atom is -0.481 e. The van der Waals surface area contributed by atoms with Crippen LogP contribution < -0.4 is 0 Å². The van der Waals surface area contributed by atoms with Crippen molar-refractivity contribution < 1.29 is 18.3 Å². The zero-order chi connectivity index (χ0) is 15.1. The van der Waals surface area contributed by atoms with E-state index in [0.29, 0.717) is 0 Å². The van der Waals surface area contributed by atoms with Crippen molar-refractivity contribution in [1.29, 1.82) is 0 Å². The van der Waals surface area contributed by atoms with Gasteiger partial charge in [-0.3, -0.25) is 4.79 Å². The summed E-state index contributed by atoms with van der Waals surface area (Å²) in [6, 6.07) is 4.84. The molecule has 0 bridgehead atoms. The second-order valence-corrected chi connectivity index (χ2v) is 7.95. The molecule has 1 aromatic rings. The Bertz CT molecular complexity index is 644. The Kier molecular flexibility index (Phi) is 4.22. The van der Waals surface area contributed by atoms with Crippen molar-refractivity contribution in [2.45, 2.75) is 18.7 Å². The van der Waals surface area contributed by atoms with Crippen molar-refractivity contribution in [3.63, 3.8) is 0 Å². The maximum atomic E-state index is 12.5. The van der Waals surface area contributed by atoms with Gasteiger partial charge in [0.05, 0.1) is 10.8 Å². The van der Waals surface area contributed by atoms with E-state index in [0.717, 1.165) is 10.0 Å². The Balaban J connectivity index is 2.32. The zero-order valence-corrected chi connectivity index (χ0v) is 13.6. The van der Waals surface area contributed by atoms with Crippen LogP contribution in [0.15, 0.2) is 27.6 Å². The smallest absolute Gasteiger partial charge is 0.308 e. The van der Waals surface area contributed by atoms with E-state index in [2.05, 4.69) is 15.9 Å². The third kappa shape index (κ3) is 2.75. The lowest BCUT2D eigenvalue weighted by Gasteiger charge is -2.16. The molecule has 1 saturated heterocycles. The van der Waals surface area contributed by atoms with E-state index in [9.17, 15) is 13.2 Å². The second kappa shape index (κ2) is 5.46. The summed E-state index contributed by atoms with van der Waals surface area (Å²) in [6.07, 6.45) is 0. The third-order valence-electron chi connectivity index (χ3n) is 3.68. The molecule has 1 fully saturated rings. The van der Waals surface area contributed by atoms with Gasteiger partial charge >= 0.3 is 5.97 Å². The minimum atomic E-state index is -3.64. The molecule has 110 valence electrons. The lowest BCUT2D eigenvalue weighted by atomic mass is 9.99. The number of rotatable bonds is 3. The first-order valence-corrected chi connectivity index (χ1v) is 8.46. The number of aryl methyl sites for hydroxylation is 1. The number of nitrogens with zero attached hydrogens (tertiary/aromatic N) is 1. The fourth-order valence-electron chi connectivity index (χ4n) is 2.32. The summed E-state index contributed by atoms with van der Waals surface area (Å²) in [4.78, 5) is 11.3. The van der Waals surface area contributed by atoms with Gasteiger partial charge in [-0.25, -0.2) is 8.42 Å². The summed E-state index contributed by atoms with van der Waals surface area (Å²) in [6.45, 7) is 3.91. The molecule has 20 heavy (non-hydrogen) atoms. The number of hydrogen-bond acceptors (Lipinski definition) is 3. The van der Waals surface area contributed by atoms with Crippen molar-refractivity contribution in [2.75, 3.05) is 13.1 Å². The lowest BCUT2D eigenvalue weighted by molar-refractivity contribution is -0.142. The summed E-state index contributed by atoms with van der Waals surface area (Å²) in [7, 11) is -3.64. The molecule has 0 amide bonds. The van der Waals surface area contributed by atoms with Gasteiger partial charge in [0.25, 0.3) is 0 Å². The molecule has 1 aliphatic heterocycles. The number of benzene rings is 1. The average Bonchev–Trinajstić information content (AvgIpc) is 2.75. The van der Waals surface area contributed by atoms with Gasteiger partial charge < -0.3 is 5.11 Å². The van der Waals surface area contributed by atoms with E-state index in [1.807, 2.05) is 6.92 Å². The number of halogens is 1. The van der Waals surface area contributed by atoms with Gasteiger partial charge in [0.15, 0.2) is 0 Å². The number of sulfonamides is 1. The maximum absolute atomic E-state index is 12.5. The highest BCUT2D eigenvalue weighted by atomic mass is 79.9. The first-order chi connectivity index (χ1) is 9.23. The van der Waals surface area contributed by atoms with Crippen molar-refractivity contribution in [2.24, 2.45) is 11.8 Å². The molecule has 0 aromatic heterocycles. The summed E-state index contributed by atoms with van der Waals surface area (Å²) < 4.78 is 27.0. The predicted molar refractivity (Wildman–Crippen MR) is 77.9 cm³/mol. The molecule has 1 aliphatic rings. The summed E-state index contributed by atoms with van der Waals surface area (Å²) in [5.41, 5.74) is 0.946. The first kappa shape index (κ1) is 15.5. The van der Waals surface area contributed by atoms with Crippen LogP contribution in [-0.2, 0) is 14.8 Å². The Labute approximate surface area is 126 Å². The predicted octanol–water partition coefficient (Wildman–Crippen LogP) is 2.10. The van der Waals surface area contributed by atoms with Gasteiger partial charge in [0.2, 0.25) is 10.0 Å². The normalized spacial score (nSPS) is 23.9. The molecular weight excluding hydrogens is 346 g/mol. The van der Waals surface area contributed by atoms with Gasteiger partial charge in [-0.05, 0) is 30.5 Å². The van der Waals surface area contributed by atoms with Gasteiger partial charge in [0, 0.05) is 17.6 Å². The highest BCUT2D eigenvalue weighted by molar-refractivity contribution is 9.10. The van der Waals surface area contributed by atoms with Crippen molar-refractivity contribution in [3.05, 3.63) is 28.2 Å². The van der Waals surface area contributed by atoms with E-state index in [1.165, 1.54) is 4.31 Å². The summed E-state index contributed by atoms with van der Waals surface area (Å²) >= 11 is 3.32. The van der Waals surface area contributed by atoms with E-state index >= 15 is 0 Å². The molecule has 1 aromatic carbocycles. The fraction of sp³-hybridized carbons (Fsp3) is 0.462. The molecule has 1 heterocycles. The van der Waals surface area contributed by atoms with Crippen LogP contribution >= 0.6 is 15.9 Å². The fourth-order valence-corrected chi connectivity index (χ4v) is 4.45. The van der Waals surface area contributed by atoms with Gasteiger partial charge in [-0.15, -0.1) is 0 Å². The Hall–Kier alpha value is -0.920. The number of carboxylic acids is 1. The van der Waals surface area contributed by atoms with E-state index < -0.39 is 21.9 Å². The summed E-state index contributed by atoms with van der Waals surface area (Å²) in [5.74, 6) is -1.77. The van der Waals surface area contributed by atoms with E-state index in [-0.39, 0.29) is 23.9 Å². The van der Waals surface area contributed by atoms with Gasteiger partial charge in [-0.2, -0.15) is 4.31 Å². The SMILES string of the molecule is Cc1ccc(S(=O)(=O)N2C[C@@H](C)[C@H](C(=O)O)C2)cc1Br.